The molecule has 0 aromatic heterocycles. The third-order valence-electron chi connectivity index (χ3n) is 4.75. The Bertz CT molecular complexity index is 749. The predicted molar refractivity (Wildman–Crippen MR) is 122 cm³/mol. The van der Waals surface area contributed by atoms with Crippen LogP contribution in [0, 0.1) is 5.82 Å². The molecule has 3 nitrogen and oxygen atoms in total. The lowest BCUT2D eigenvalue weighted by molar-refractivity contribution is -0.119. The molecular formula is C25H35FN2O. The molecule has 0 fully saturated rings. The maximum Gasteiger partial charge on any atom is 0.133 e. The molecule has 1 aliphatic heterocycles. The normalized spacial score (nSPS) is 17.2. The summed E-state index contributed by atoms with van der Waals surface area (Å²) in [6.07, 6.45) is 11.7. The van der Waals surface area contributed by atoms with E-state index in [0.717, 1.165) is 30.5 Å². The summed E-state index contributed by atoms with van der Waals surface area (Å²) in [5.74, 6) is 0.0604. The zero-order valence-corrected chi connectivity index (χ0v) is 18.2. The van der Waals surface area contributed by atoms with Gasteiger partial charge in [0.2, 0.25) is 0 Å². The SMILES string of the molecule is C=C/C=C(\C=C/C)C1=NNC(C)C1.CCCC(CC(=O)CC)c1ccccc1F. The molecule has 2 unspecified atom stereocenters. The second-order valence-corrected chi connectivity index (χ2v) is 7.25. The number of Topliss-reactive ketones (excluding diaryl/α,β-unsaturated/α-hetero) is 1. The summed E-state index contributed by atoms with van der Waals surface area (Å²) in [5.41, 5.74) is 6.00. The highest BCUT2D eigenvalue weighted by Crippen LogP contribution is 2.27. The van der Waals surface area contributed by atoms with Gasteiger partial charge in [0.15, 0.2) is 0 Å². The Balaban J connectivity index is 0.000000296. The zero-order valence-electron chi connectivity index (χ0n) is 18.2. The third-order valence-corrected chi connectivity index (χ3v) is 4.75. The molecule has 2 rings (SSSR count). The van der Waals surface area contributed by atoms with Crippen LogP contribution in [0.5, 0.6) is 0 Å². The molecule has 1 N–H and O–H groups in total. The number of benzene rings is 1. The third kappa shape index (κ3) is 8.59. The summed E-state index contributed by atoms with van der Waals surface area (Å²) in [6.45, 7) is 11.7. The van der Waals surface area contributed by atoms with Crippen molar-refractivity contribution in [2.45, 2.75) is 71.8 Å². The smallest absolute Gasteiger partial charge is 0.133 e. The van der Waals surface area contributed by atoms with Crippen molar-refractivity contribution in [3.8, 4) is 0 Å². The molecule has 1 heterocycles. The van der Waals surface area contributed by atoms with E-state index in [0.29, 0.717) is 24.4 Å². The summed E-state index contributed by atoms with van der Waals surface area (Å²) >= 11 is 0. The number of hydrazone groups is 1. The Morgan fingerprint density at radius 1 is 1.38 bits per heavy atom. The van der Waals surface area contributed by atoms with E-state index in [1.54, 1.807) is 18.2 Å². The van der Waals surface area contributed by atoms with E-state index in [2.05, 4.69) is 37.0 Å². The van der Waals surface area contributed by atoms with Gasteiger partial charge in [-0.25, -0.2) is 4.39 Å². The molecule has 29 heavy (non-hydrogen) atoms. The van der Waals surface area contributed by atoms with Crippen molar-refractivity contribution in [1.82, 2.24) is 5.43 Å². The molecular weight excluding hydrogens is 363 g/mol. The van der Waals surface area contributed by atoms with E-state index < -0.39 is 0 Å². The molecule has 1 aliphatic rings. The number of allylic oxidation sites excluding steroid dienone is 5. The predicted octanol–water partition coefficient (Wildman–Crippen LogP) is 6.49. The van der Waals surface area contributed by atoms with Gasteiger partial charge in [-0.15, -0.1) is 0 Å². The summed E-state index contributed by atoms with van der Waals surface area (Å²) in [6, 6.07) is 7.22. The molecule has 0 amide bonds. The van der Waals surface area contributed by atoms with Crippen LogP contribution in [0.1, 0.15) is 71.3 Å². The topological polar surface area (TPSA) is 41.5 Å². The van der Waals surface area contributed by atoms with Crippen LogP contribution < -0.4 is 5.43 Å². The van der Waals surface area contributed by atoms with Crippen LogP contribution in [0.4, 0.5) is 4.39 Å². The number of halogens is 1. The summed E-state index contributed by atoms with van der Waals surface area (Å²) < 4.78 is 13.6. The van der Waals surface area contributed by atoms with E-state index in [4.69, 9.17) is 0 Å². The lowest BCUT2D eigenvalue weighted by Gasteiger charge is -2.16. The maximum atomic E-state index is 13.6. The highest BCUT2D eigenvalue weighted by molar-refractivity contribution is 6.03. The minimum absolute atomic E-state index is 0.0404. The quantitative estimate of drug-likeness (QED) is 0.483. The number of nitrogens with zero attached hydrogens (tertiary/aromatic N) is 1. The number of hydrogen-bond donors (Lipinski definition) is 1. The van der Waals surface area contributed by atoms with E-state index >= 15 is 0 Å². The Labute approximate surface area is 175 Å². The van der Waals surface area contributed by atoms with E-state index in [9.17, 15) is 9.18 Å². The van der Waals surface area contributed by atoms with Gasteiger partial charge >= 0.3 is 0 Å². The summed E-state index contributed by atoms with van der Waals surface area (Å²) in [4.78, 5) is 11.5. The van der Waals surface area contributed by atoms with E-state index in [-0.39, 0.29) is 17.5 Å². The fraction of sp³-hybridized carbons (Fsp3) is 0.440. The molecule has 0 radical (unpaired) electrons. The first kappa shape index (κ1) is 24.5. The van der Waals surface area contributed by atoms with Crippen molar-refractivity contribution in [3.05, 3.63) is 72.1 Å². The Hall–Kier alpha value is -2.49. The van der Waals surface area contributed by atoms with Crippen molar-refractivity contribution in [2.75, 3.05) is 0 Å². The Kier molecular flexibility index (Phi) is 11.6. The lowest BCUT2D eigenvalue weighted by atomic mass is 9.89. The Morgan fingerprint density at radius 2 is 2.10 bits per heavy atom. The molecule has 0 saturated heterocycles. The van der Waals surface area contributed by atoms with Gasteiger partial charge in [-0.1, -0.05) is 69.4 Å². The standard InChI is InChI=1S/C14H19FO.C11H16N2/c1-3-7-11(10-12(16)4-2)13-8-5-6-9-14(13)15;1-4-6-10(7-5-2)11-8-9(3)12-13-11/h5-6,8-9,11H,3-4,7,10H2,1-2H3;4-7,9,12H,1,8H2,2-3H3/b;7-5-,10-6+. The summed E-state index contributed by atoms with van der Waals surface area (Å²) in [5, 5.41) is 4.25. The molecule has 0 aliphatic carbocycles. The van der Waals surface area contributed by atoms with E-state index in [1.807, 2.05) is 32.1 Å². The monoisotopic (exact) mass is 398 g/mol. The minimum Gasteiger partial charge on any atom is -0.307 e. The maximum absolute atomic E-state index is 13.6. The number of carbonyl (C=O) groups excluding carboxylic acids is 1. The number of rotatable bonds is 9. The van der Waals surface area contributed by atoms with Crippen LogP contribution in [0.25, 0.3) is 0 Å². The van der Waals surface area contributed by atoms with Gasteiger partial charge in [-0.05, 0) is 43.4 Å². The fourth-order valence-electron chi connectivity index (χ4n) is 3.25. The van der Waals surface area contributed by atoms with Crippen molar-refractivity contribution < 1.29 is 9.18 Å². The Morgan fingerprint density at radius 3 is 2.62 bits per heavy atom. The van der Waals surface area contributed by atoms with E-state index in [1.165, 1.54) is 6.07 Å². The number of nitrogens with one attached hydrogen (secondary N) is 1. The molecule has 0 bridgehead atoms. The van der Waals surface area contributed by atoms with Crippen molar-refractivity contribution in [3.63, 3.8) is 0 Å². The van der Waals surface area contributed by atoms with Gasteiger partial charge in [-0.2, -0.15) is 5.10 Å². The van der Waals surface area contributed by atoms with Crippen LogP contribution in [0.2, 0.25) is 0 Å². The first-order valence-corrected chi connectivity index (χ1v) is 10.5. The molecule has 2 atom stereocenters. The van der Waals surface area contributed by atoms with Crippen molar-refractivity contribution in [1.29, 1.82) is 0 Å². The van der Waals surface area contributed by atoms with Gasteiger partial charge in [0.1, 0.15) is 11.6 Å². The molecule has 1 aromatic rings. The van der Waals surface area contributed by atoms with Gasteiger partial charge in [-0.3, -0.25) is 4.79 Å². The highest BCUT2D eigenvalue weighted by Gasteiger charge is 2.17. The fourth-order valence-corrected chi connectivity index (χ4v) is 3.25. The van der Waals surface area contributed by atoms with Crippen LogP contribution >= 0.6 is 0 Å². The zero-order chi connectivity index (χ0) is 21.6. The second kappa shape index (κ2) is 13.6. The van der Waals surface area contributed by atoms with Gasteiger partial charge in [0.05, 0.1) is 5.71 Å². The average molecular weight is 399 g/mol. The molecule has 0 spiro atoms. The molecule has 4 heteroatoms. The molecule has 0 saturated carbocycles. The lowest BCUT2D eigenvalue weighted by Crippen LogP contribution is -2.13. The minimum atomic E-state index is -0.190. The van der Waals surface area contributed by atoms with Crippen LogP contribution in [-0.4, -0.2) is 17.5 Å². The number of hydrogen-bond acceptors (Lipinski definition) is 3. The van der Waals surface area contributed by atoms with Crippen LogP contribution in [0.15, 0.2) is 65.8 Å². The second-order valence-electron chi connectivity index (χ2n) is 7.25. The summed E-state index contributed by atoms with van der Waals surface area (Å²) in [7, 11) is 0. The van der Waals surface area contributed by atoms with Gasteiger partial charge in [0, 0.05) is 25.3 Å². The van der Waals surface area contributed by atoms with Gasteiger partial charge in [0.25, 0.3) is 0 Å². The molecule has 158 valence electrons. The number of ketones is 1. The number of carbonyl (C=O) groups is 1. The van der Waals surface area contributed by atoms with Crippen molar-refractivity contribution in [2.24, 2.45) is 5.10 Å². The van der Waals surface area contributed by atoms with Crippen LogP contribution in [-0.2, 0) is 4.79 Å². The average Bonchev–Trinajstić information content (AvgIpc) is 3.14. The first-order chi connectivity index (χ1) is 14.0. The molecule has 1 aromatic carbocycles. The largest absolute Gasteiger partial charge is 0.307 e. The van der Waals surface area contributed by atoms with Crippen molar-refractivity contribution >= 4 is 11.5 Å². The van der Waals surface area contributed by atoms with Gasteiger partial charge < -0.3 is 5.43 Å². The highest BCUT2D eigenvalue weighted by atomic mass is 19.1. The first-order valence-electron chi connectivity index (χ1n) is 10.5. The van der Waals surface area contributed by atoms with Crippen LogP contribution in [0.3, 0.4) is 0 Å².